The first-order chi connectivity index (χ1) is 9.40. The molecule has 0 spiro atoms. The summed E-state index contributed by atoms with van der Waals surface area (Å²) in [4.78, 5) is 34.4. The molecular formula is C12H14N4O4. The van der Waals surface area contributed by atoms with Crippen molar-refractivity contribution < 1.29 is 14.5 Å². The van der Waals surface area contributed by atoms with E-state index in [-0.39, 0.29) is 29.6 Å². The Labute approximate surface area is 114 Å². The number of carbonyl (C=O) groups excluding carboxylic acids is 2. The number of nitrogens with two attached hydrogens (primary N) is 1. The third-order valence-electron chi connectivity index (χ3n) is 3.21. The van der Waals surface area contributed by atoms with Crippen LogP contribution in [-0.2, 0) is 9.59 Å². The van der Waals surface area contributed by atoms with Crippen LogP contribution < -0.4 is 11.1 Å². The van der Waals surface area contributed by atoms with Gasteiger partial charge >= 0.3 is 0 Å². The van der Waals surface area contributed by atoms with Crippen LogP contribution in [0, 0.1) is 10.1 Å². The van der Waals surface area contributed by atoms with Crippen molar-refractivity contribution in [2.24, 2.45) is 0 Å². The average Bonchev–Trinajstić information content (AvgIpc) is 2.39. The molecule has 0 bridgehead atoms. The molecule has 0 saturated carbocycles. The van der Waals surface area contributed by atoms with Gasteiger partial charge in [0, 0.05) is 25.2 Å². The summed E-state index contributed by atoms with van der Waals surface area (Å²) in [6.45, 7) is 0. The van der Waals surface area contributed by atoms with Gasteiger partial charge in [-0.15, -0.1) is 0 Å². The third kappa shape index (κ3) is 2.53. The minimum Gasteiger partial charge on any atom is -0.393 e. The first-order valence-corrected chi connectivity index (χ1v) is 6.01. The second-order valence-electron chi connectivity index (χ2n) is 4.56. The van der Waals surface area contributed by atoms with E-state index >= 15 is 0 Å². The number of anilines is 2. The highest BCUT2D eigenvalue weighted by atomic mass is 16.6. The van der Waals surface area contributed by atoms with E-state index in [0.717, 1.165) is 4.90 Å². The molecule has 2 amide bonds. The van der Waals surface area contributed by atoms with E-state index < -0.39 is 11.0 Å². The number of nitro groups is 1. The molecule has 106 valence electrons. The summed E-state index contributed by atoms with van der Waals surface area (Å²) in [7, 11) is 1.43. The quantitative estimate of drug-likeness (QED) is 0.364. The van der Waals surface area contributed by atoms with Crippen molar-refractivity contribution in [1.82, 2.24) is 4.90 Å². The maximum atomic E-state index is 11.9. The fourth-order valence-corrected chi connectivity index (χ4v) is 2.06. The number of benzene rings is 1. The molecule has 8 heteroatoms. The Morgan fingerprint density at radius 2 is 2.15 bits per heavy atom. The number of nitrogens with zero attached hydrogens (tertiary/aromatic N) is 2. The summed E-state index contributed by atoms with van der Waals surface area (Å²) in [5.41, 5.74) is 5.93. The van der Waals surface area contributed by atoms with Crippen LogP contribution in [0.15, 0.2) is 18.2 Å². The van der Waals surface area contributed by atoms with Gasteiger partial charge in [0.15, 0.2) is 0 Å². The van der Waals surface area contributed by atoms with E-state index in [9.17, 15) is 19.7 Å². The van der Waals surface area contributed by atoms with Gasteiger partial charge in [-0.3, -0.25) is 24.6 Å². The zero-order chi connectivity index (χ0) is 14.9. The Bertz CT molecular complexity index is 587. The van der Waals surface area contributed by atoms with Crippen LogP contribution in [0.4, 0.5) is 17.1 Å². The van der Waals surface area contributed by atoms with E-state index in [1.165, 1.54) is 25.2 Å². The van der Waals surface area contributed by atoms with E-state index in [2.05, 4.69) is 5.32 Å². The standard InChI is InChI=1S/C12H14N4O4/c1-15-11(17)5-3-9(12(15)18)14-7-2-4-10(16(19)20)8(13)6-7/h2,4,6,9,14H,3,5,13H2,1H3. The molecule has 1 aliphatic rings. The number of amides is 2. The number of nitrogen functional groups attached to an aromatic ring is 1. The number of piperidine rings is 1. The number of carbonyl (C=O) groups is 2. The van der Waals surface area contributed by atoms with Crippen LogP contribution in [0.5, 0.6) is 0 Å². The summed E-state index contributed by atoms with van der Waals surface area (Å²) in [5.74, 6) is -0.533. The zero-order valence-electron chi connectivity index (χ0n) is 10.8. The Kier molecular flexibility index (Phi) is 3.55. The SMILES string of the molecule is CN1C(=O)CCC(Nc2ccc([N+](=O)[O-])c(N)c2)C1=O. The Morgan fingerprint density at radius 1 is 1.45 bits per heavy atom. The predicted octanol–water partition coefficient (Wildman–Crippen LogP) is 0.736. The molecule has 3 N–H and O–H groups in total. The molecule has 0 radical (unpaired) electrons. The number of imide groups is 1. The smallest absolute Gasteiger partial charge is 0.292 e. The molecule has 1 atom stereocenters. The first kappa shape index (κ1) is 13.8. The molecule has 0 aromatic heterocycles. The molecule has 2 rings (SSSR count). The normalized spacial score (nSPS) is 19.1. The van der Waals surface area contributed by atoms with Crippen LogP contribution in [0.3, 0.4) is 0 Å². The number of nitrogens with one attached hydrogen (secondary N) is 1. The van der Waals surface area contributed by atoms with Crippen molar-refractivity contribution in [2.75, 3.05) is 18.1 Å². The van der Waals surface area contributed by atoms with Crippen LogP contribution >= 0.6 is 0 Å². The van der Waals surface area contributed by atoms with Gasteiger partial charge in [0.2, 0.25) is 5.91 Å². The van der Waals surface area contributed by atoms with E-state index in [1.54, 1.807) is 0 Å². The summed E-state index contributed by atoms with van der Waals surface area (Å²) < 4.78 is 0. The van der Waals surface area contributed by atoms with Gasteiger partial charge in [0.1, 0.15) is 11.7 Å². The van der Waals surface area contributed by atoms with Crippen molar-refractivity contribution >= 4 is 28.9 Å². The lowest BCUT2D eigenvalue weighted by atomic mass is 10.0. The minimum atomic E-state index is -0.572. The highest BCUT2D eigenvalue weighted by Crippen LogP contribution is 2.26. The van der Waals surface area contributed by atoms with Gasteiger partial charge in [-0.05, 0) is 18.6 Å². The van der Waals surface area contributed by atoms with E-state index in [1.807, 2.05) is 0 Å². The molecule has 1 saturated heterocycles. The third-order valence-corrected chi connectivity index (χ3v) is 3.21. The molecule has 8 nitrogen and oxygen atoms in total. The largest absolute Gasteiger partial charge is 0.393 e. The lowest BCUT2D eigenvalue weighted by Crippen LogP contribution is -2.48. The molecule has 20 heavy (non-hydrogen) atoms. The second-order valence-corrected chi connectivity index (χ2v) is 4.56. The van der Waals surface area contributed by atoms with E-state index in [4.69, 9.17) is 5.73 Å². The fourth-order valence-electron chi connectivity index (χ4n) is 2.06. The average molecular weight is 278 g/mol. The molecule has 1 unspecified atom stereocenters. The second kappa shape index (κ2) is 5.16. The summed E-state index contributed by atoms with van der Waals surface area (Å²) in [6.07, 6.45) is 0.668. The molecular weight excluding hydrogens is 264 g/mol. The maximum Gasteiger partial charge on any atom is 0.292 e. The number of hydrogen-bond acceptors (Lipinski definition) is 6. The van der Waals surface area contributed by atoms with Crippen molar-refractivity contribution in [2.45, 2.75) is 18.9 Å². The summed E-state index contributed by atoms with van der Waals surface area (Å²) >= 11 is 0. The van der Waals surface area contributed by atoms with Crippen molar-refractivity contribution in [3.63, 3.8) is 0 Å². The zero-order valence-corrected chi connectivity index (χ0v) is 10.8. The van der Waals surface area contributed by atoms with Crippen molar-refractivity contribution in [3.05, 3.63) is 28.3 Å². The summed E-state index contributed by atoms with van der Waals surface area (Å²) in [6, 6.07) is 3.64. The monoisotopic (exact) mass is 278 g/mol. The lowest BCUT2D eigenvalue weighted by Gasteiger charge is -2.28. The van der Waals surface area contributed by atoms with Crippen LogP contribution in [0.25, 0.3) is 0 Å². The van der Waals surface area contributed by atoms with Gasteiger partial charge in [-0.25, -0.2) is 0 Å². The number of hydrogen-bond donors (Lipinski definition) is 2. The van der Waals surface area contributed by atoms with Gasteiger partial charge in [0.25, 0.3) is 11.6 Å². The molecule has 1 fully saturated rings. The fraction of sp³-hybridized carbons (Fsp3) is 0.333. The van der Waals surface area contributed by atoms with Gasteiger partial charge in [-0.1, -0.05) is 0 Å². The number of likely N-dealkylation sites (tertiary alicyclic amines) is 1. The number of nitro benzene ring substituents is 1. The van der Waals surface area contributed by atoms with Crippen molar-refractivity contribution in [1.29, 1.82) is 0 Å². The Hall–Kier alpha value is -2.64. The molecule has 1 heterocycles. The van der Waals surface area contributed by atoms with Crippen LogP contribution in [-0.4, -0.2) is 34.7 Å². The summed E-state index contributed by atoms with van der Waals surface area (Å²) in [5, 5.41) is 13.6. The number of likely N-dealkylation sites (N-methyl/N-ethyl adjacent to an activating group) is 1. The Morgan fingerprint density at radius 3 is 2.75 bits per heavy atom. The highest BCUT2D eigenvalue weighted by molar-refractivity contribution is 6.01. The van der Waals surface area contributed by atoms with Crippen LogP contribution in [0.1, 0.15) is 12.8 Å². The lowest BCUT2D eigenvalue weighted by molar-refractivity contribution is -0.383. The molecule has 1 aromatic rings. The van der Waals surface area contributed by atoms with Gasteiger partial charge in [0.05, 0.1) is 4.92 Å². The van der Waals surface area contributed by atoms with E-state index in [0.29, 0.717) is 12.1 Å². The highest BCUT2D eigenvalue weighted by Gasteiger charge is 2.31. The van der Waals surface area contributed by atoms with Crippen molar-refractivity contribution in [3.8, 4) is 0 Å². The van der Waals surface area contributed by atoms with Gasteiger partial charge < -0.3 is 11.1 Å². The molecule has 1 aliphatic heterocycles. The number of rotatable bonds is 3. The molecule has 1 aromatic carbocycles. The van der Waals surface area contributed by atoms with Gasteiger partial charge in [-0.2, -0.15) is 0 Å². The topological polar surface area (TPSA) is 119 Å². The minimum absolute atomic E-state index is 0.0210. The predicted molar refractivity (Wildman–Crippen MR) is 71.9 cm³/mol. The maximum absolute atomic E-state index is 11.9. The molecule has 0 aliphatic carbocycles. The Balaban J connectivity index is 2.14. The van der Waals surface area contributed by atoms with Crippen LogP contribution in [0.2, 0.25) is 0 Å². The first-order valence-electron chi connectivity index (χ1n) is 6.01.